The molecule has 0 amide bonds. The average Bonchev–Trinajstić information content (AvgIpc) is 3.05. The first-order valence-corrected chi connectivity index (χ1v) is 9.05. The number of aliphatic carboxylic acids is 2. The topological polar surface area (TPSA) is 117 Å². The molecule has 152 valence electrons. The van der Waals surface area contributed by atoms with E-state index >= 15 is 0 Å². The Balaban J connectivity index is 0.000000260. The van der Waals surface area contributed by atoms with Crippen LogP contribution >= 0.6 is 0 Å². The van der Waals surface area contributed by atoms with Gasteiger partial charge < -0.3 is 30.3 Å². The van der Waals surface area contributed by atoms with E-state index in [2.05, 4.69) is 10.6 Å². The van der Waals surface area contributed by atoms with E-state index in [9.17, 15) is 9.59 Å². The largest absolute Gasteiger partial charge is 0.480 e. The number of hydrogen-bond acceptors (Lipinski definition) is 6. The molecule has 0 spiro atoms. The van der Waals surface area contributed by atoms with Crippen LogP contribution in [0, 0.1) is 0 Å². The zero-order valence-electron chi connectivity index (χ0n) is 16.7. The molecule has 0 unspecified atom stereocenters. The van der Waals surface area contributed by atoms with Crippen LogP contribution in [0.15, 0.2) is 0 Å². The van der Waals surface area contributed by atoms with Crippen molar-refractivity contribution in [2.24, 2.45) is 0 Å². The van der Waals surface area contributed by atoms with Crippen molar-refractivity contribution in [2.75, 3.05) is 13.1 Å². The Morgan fingerprint density at radius 3 is 1.27 bits per heavy atom. The van der Waals surface area contributed by atoms with Crippen molar-refractivity contribution in [2.45, 2.75) is 89.9 Å². The van der Waals surface area contributed by atoms with Gasteiger partial charge in [0.2, 0.25) is 0 Å². The summed E-state index contributed by atoms with van der Waals surface area (Å²) in [6.07, 6.45) is 1.18. The molecule has 8 heteroatoms. The molecule has 2 aliphatic rings. The summed E-state index contributed by atoms with van der Waals surface area (Å²) in [6.45, 7) is 13.1. The summed E-state index contributed by atoms with van der Waals surface area (Å²) < 4.78 is 11.3. The van der Waals surface area contributed by atoms with E-state index in [1.807, 2.05) is 41.5 Å². The summed E-state index contributed by atoms with van der Waals surface area (Å²) in [6, 6.07) is -0.875. The van der Waals surface area contributed by atoms with Crippen molar-refractivity contribution in [3.63, 3.8) is 0 Å². The van der Waals surface area contributed by atoms with E-state index in [1.54, 1.807) is 0 Å². The number of carbonyl (C=O) groups is 2. The SMILES string of the molecule is CC(C)(C)O[C@H]1CN[C@H](C(=O)O)C1.CC(C)(C)O[C@H]1CN[C@H](C(=O)O)C1. The lowest BCUT2D eigenvalue weighted by molar-refractivity contribution is -0.140. The zero-order valence-corrected chi connectivity index (χ0v) is 16.7. The van der Waals surface area contributed by atoms with Crippen LogP contribution in [0.2, 0.25) is 0 Å². The zero-order chi connectivity index (χ0) is 20.1. The minimum atomic E-state index is -0.792. The fourth-order valence-corrected chi connectivity index (χ4v) is 2.96. The van der Waals surface area contributed by atoms with Crippen LogP contribution in [0.25, 0.3) is 0 Å². The molecule has 4 atom stereocenters. The molecule has 0 bridgehead atoms. The van der Waals surface area contributed by atoms with Gasteiger partial charge in [-0.25, -0.2) is 0 Å². The molecule has 0 aromatic rings. The highest BCUT2D eigenvalue weighted by Gasteiger charge is 2.32. The molecule has 2 aliphatic heterocycles. The number of ether oxygens (including phenoxy) is 2. The van der Waals surface area contributed by atoms with Gasteiger partial charge in [0.05, 0.1) is 23.4 Å². The smallest absolute Gasteiger partial charge is 0.320 e. The Morgan fingerprint density at radius 2 is 1.08 bits per heavy atom. The number of carboxylic acid groups (broad SMARTS) is 2. The molecule has 2 rings (SSSR count). The predicted molar refractivity (Wildman–Crippen MR) is 97.3 cm³/mol. The van der Waals surface area contributed by atoms with Gasteiger partial charge in [-0.05, 0) is 41.5 Å². The van der Waals surface area contributed by atoms with Crippen molar-refractivity contribution >= 4 is 11.9 Å². The van der Waals surface area contributed by atoms with E-state index < -0.39 is 24.0 Å². The van der Waals surface area contributed by atoms with Gasteiger partial charge in [-0.15, -0.1) is 0 Å². The second-order valence-electron chi connectivity index (χ2n) is 8.77. The lowest BCUT2D eigenvalue weighted by Crippen LogP contribution is -2.30. The van der Waals surface area contributed by atoms with Gasteiger partial charge in [-0.3, -0.25) is 9.59 Å². The van der Waals surface area contributed by atoms with Crippen molar-refractivity contribution in [1.82, 2.24) is 10.6 Å². The molecule has 0 saturated carbocycles. The molecule has 2 heterocycles. The van der Waals surface area contributed by atoms with Crippen LogP contribution in [0.4, 0.5) is 0 Å². The monoisotopic (exact) mass is 374 g/mol. The highest BCUT2D eigenvalue weighted by molar-refractivity contribution is 5.74. The van der Waals surface area contributed by atoms with Gasteiger partial charge in [-0.2, -0.15) is 0 Å². The normalized spacial score (nSPS) is 29.2. The quantitative estimate of drug-likeness (QED) is 0.580. The van der Waals surface area contributed by atoms with E-state index in [0.717, 1.165) is 0 Å². The minimum Gasteiger partial charge on any atom is -0.480 e. The van der Waals surface area contributed by atoms with Gasteiger partial charge in [-0.1, -0.05) is 0 Å². The Labute approximate surface area is 155 Å². The number of nitrogens with one attached hydrogen (secondary N) is 2. The highest BCUT2D eigenvalue weighted by atomic mass is 16.5. The summed E-state index contributed by atoms with van der Waals surface area (Å²) in [7, 11) is 0. The molecule has 0 radical (unpaired) electrons. The van der Waals surface area contributed by atoms with Gasteiger partial charge in [0, 0.05) is 25.9 Å². The van der Waals surface area contributed by atoms with Crippen molar-refractivity contribution in [3.05, 3.63) is 0 Å². The molecule has 26 heavy (non-hydrogen) atoms. The number of rotatable bonds is 4. The van der Waals surface area contributed by atoms with E-state index in [4.69, 9.17) is 19.7 Å². The second-order valence-corrected chi connectivity index (χ2v) is 8.77. The van der Waals surface area contributed by atoms with E-state index in [0.29, 0.717) is 25.9 Å². The first-order valence-electron chi connectivity index (χ1n) is 9.05. The number of carboxylic acids is 2. The fourth-order valence-electron chi connectivity index (χ4n) is 2.96. The lowest BCUT2D eigenvalue weighted by atomic mass is 10.1. The summed E-state index contributed by atoms with van der Waals surface area (Å²) in [5, 5.41) is 23.2. The predicted octanol–water partition coefficient (Wildman–Crippen LogP) is 1.23. The molecule has 0 aromatic carbocycles. The molecule has 2 saturated heterocycles. The fraction of sp³-hybridized carbons (Fsp3) is 0.889. The van der Waals surface area contributed by atoms with Gasteiger partial charge in [0.25, 0.3) is 0 Å². The van der Waals surface area contributed by atoms with Crippen LogP contribution in [-0.2, 0) is 19.1 Å². The first-order chi connectivity index (χ1) is 11.8. The van der Waals surface area contributed by atoms with Crippen LogP contribution in [-0.4, -0.2) is 70.7 Å². The van der Waals surface area contributed by atoms with Crippen molar-refractivity contribution in [1.29, 1.82) is 0 Å². The molecule has 4 N–H and O–H groups in total. The standard InChI is InChI=1S/2C9H17NO3/c2*1-9(2,3)13-6-4-7(8(11)12)10-5-6/h2*6-7,10H,4-5H2,1-3H3,(H,11,12)/t2*6-,7+/m11/s1. The Kier molecular flexibility index (Phi) is 8.01. The Morgan fingerprint density at radius 1 is 0.769 bits per heavy atom. The van der Waals surface area contributed by atoms with Crippen LogP contribution in [0.1, 0.15) is 54.4 Å². The summed E-state index contributed by atoms with van der Waals surface area (Å²) in [5.74, 6) is -1.58. The van der Waals surface area contributed by atoms with Crippen LogP contribution < -0.4 is 10.6 Å². The van der Waals surface area contributed by atoms with E-state index in [-0.39, 0.29) is 23.4 Å². The van der Waals surface area contributed by atoms with Gasteiger partial charge in [0.15, 0.2) is 0 Å². The Bertz CT molecular complexity index is 439. The average molecular weight is 374 g/mol. The molecule has 8 nitrogen and oxygen atoms in total. The number of hydrogen-bond donors (Lipinski definition) is 4. The molecule has 0 aliphatic carbocycles. The van der Waals surface area contributed by atoms with Crippen LogP contribution in [0.5, 0.6) is 0 Å². The maximum absolute atomic E-state index is 10.6. The third-order valence-corrected chi connectivity index (χ3v) is 3.82. The van der Waals surface area contributed by atoms with Crippen LogP contribution in [0.3, 0.4) is 0 Å². The van der Waals surface area contributed by atoms with E-state index in [1.165, 1.54) is 0 Å². The minimum absolute atomic E-state index is 0.0288. The molecule has 2 fully saturated rings. The second kappa shape index (κ2) is 9.12. The summed E-state index contributed by atoms with van der Waals surface area (Å²) in [4.78, 5) is 21.2. The lowest BCUT2D eigenvalue weighted by Gasteiger charge is -2.24. The molecule has 0 aromatic heterocycles. The van der Waals surface area contributed by atoms with Crippen molar-refractivity contribution in [3.8, 4) is 0 Å². The maximum Gasteiger partial charge on any atom is 0.320 e. The summed E-state index contributed by atoms with van der Waals surface area (Å²) >= 11 is 0. The van der Waals surface area contributed by atoms with Crippen molar-refractivity contribution < 1.29 is 29.3 Å². The molecular formula is C18H34N2O6. The third kappa shape index (κ3) is 8.93. The van der Waals surface area contributed by atoms with Gasteiger partial charge >= 0.3 is 11.9 Å². The highest BCUT2D eigenvalue weighted by Crippen LogP contribution is 2.18. The maximum atomic E-state index is 10.6. The molecular weight excluding hydrogens is 340 g/mol. The Hall–Kier alpha value is -1.22. The summed E-state index contributed by atoms with van der Waals surface area (Å²) in [5.41, 5.74) is -0.389. The van der Waals surface area contributed by atoms with Gasteiger partial charge in [0.1, 0.15) is 12.1 Å². The third-order valence-electron chi connectivity index (χ3n) is 3.82. The first kappa shape index (κ1) is 22.8.